The van der Waals surface area contributed by atoms with Gasteiger partial charge in [-0.25, -0.2) is 4.39 Å². The molecule has 0 amide bonds. The molecule has 0 aromatic heterocycles. The molecule has 1 unspecified atom stereocenters. The summed E-state index contributed by atoms with van der Waals surface area (Å²) in [5, 5.41) is 3.30. The van der Waals surface area contributed by atoms with Gasteiger partial charge in [-0.1, -0.05) is 11.6 Å². The van der Waals surface area contributed by atoms with E-state index in [1.807, 2.05) is 7.05 Å². The van der Waals surface area contributed by atoms with Crippen LogP contribution in [0.1, 0.15) is 0 Å². The Labute approximate surface area is 87.7 Å². The Bertz CT molecular complexity index is 343. The van der Waals surface area contributed by atoms with Gasteiger partial charge in [-0.3, -0.25) is 0 Å². The number of hydrogen-bond acceptors (Lipinski definition) is 2. The summed E-state index contributed by atoms with van der Waals surface area (Å²) in [4.78, 5) is 2.18. The summed E-state index contributed by atoms with van der Waals surface area (Å²) in [7, 11) is 1.92. The molecule has 1 N–H and O–H groups in total. The molecular formula is C10H12ClFN2. The zero-order valence-corrected chi connectivity index (χ0v) is 8.68. The lowest BCUT2D eigenvalue weighted by atomic mass is 10.3. The van der Waals surface area contributed by atoms with Gasteiger partial charge in [0, 0.05) is 18.8 Å². The SMILES string of the molecule is CNCC1CN1c1ccc(F)c(Cl)c1. The number of likely N-dealkylation sites (N-methyl/N-ethyl adjacent to an activating group) is 1. The Kier molecular flexibility index (Phi) is 2.61. The number of rotatable bonds is 3. The maximum absolute atomic E-state index is 12.9. The molecule has 1 aliphatic heterocycles. The Morgan fingerprint density at radius 1 is 1.64 bits per heavy atom. The van der Waals surface area contributed by atoms with Gasteiger partial charge in [0.05, 0.1) is 11.1 Å². The molecule has 4 heteroatoms. The lowest BCUT2D eigenvalue weighted by Gasteiger charge is -2.06. The minimum absolute atomic E-state index is 0.192. The summed E-state index contributed by atoms with van der Waals surface area (Å²) in [5.74, 6) is -0.359. The number of benzene rings is 1. The molecule has 0 radical (unpaired) electrons. The fourth-order valence-electron chi connectivity index (χ4n) is 1.57. The van der Waals surface area contributed by atoms with Crippen LogP contribution in [0.2, 0.25) is 5.02 Å². The molecular weight excluding hydrogens is 203 g/mol. The minimum atomic E-state index is -0.359. The van der Waals surface area contributed by atoms with Crippen LogP contribution >= 0.6 is 11.6 Å². The number of nitrogens with zero attached hydrogens (tertiary/aromatic N) is 1. The highest BCUT2D eigenvalue weighted by Gasteiger charge is 2.33. The van der Waals surface area contributed by atoms with Crippen molar-refractivity contribution in [3.63, 3.8) is 0 Å². The van der Waals surface area contributed by atoms with E-state index in [4.69, 9.17) is 11.6 Å². The van der Waals surface area contributed by atoms with Crippen LogP contribution in [-0.4, -0.2) is 26.2 Å². The van der Waals surface area contributed by atoms with Crippen molar-refractivity contribution in [2.75, 3.05) is 25.0 Å². The van der Waals surface area contributed by atoms with E-state index in [-0.39, 0.29) is 10.8 Å². The van der Waals surface area contributed by atoms with E-state index in [1.165, 1.54) is 6.07 Å². The van der Waals surface area contributed by atoms with Crippen LogP contribution in [0.25, 0.3) is 0 Å². The van der Waals surface area contributed by atoms with Gasteiger partial charge >= 0.3 is 0 Å². The van der Waals surface area contributed by atoms with Gasteiger partial charge in [-0.15, -0.1) is 0 Å². The molecule has 1 aliphatic rings. The molecule has 76 valence electrons. The van der Waals surface area contributed by atoms with Crippen molar-refractivity contribution in [1.29, 1.82) is 0 Å². The third-order valence-corrected chi connectivity index (χ3v) is 2.68. The Hall–Kier alpha value is -0.800. The topological polar surface area (TPSA) is 15.0 Å². The molecule has 0 bridgehead atoms. The van der Waals surface area contributed by atoms with E-state index in [9.17, 15) is 4.39 Å². The molecule has 0 aliphatic carbocycles. The summed E-state index contributed by atoms with van der Waals surface area (Å²) in [5.41, 5.74) is 0.997. The highest BCUT2D eigenvalue weighted by atomic mass is 35.5. The molecule has 1 heterocycles. The normalized spacial score (nSPS) is 19.9. The van der Waals surface area contributed by atoms with Crippen LogP contribution in [0.5, 0.6) is 0 Å². The third-order valence-electron chi connectivity index (χ3n) is 2.39. The van der Waals surface area contributed by atoms with Crippen LogP contribution < -0.4 is 10.2 Å². The fraction of sp³-hybridized carbons (Fsp3) is 0.400. The number of nitrogens with one attached hydrogen (secondary N) is 1. The zero-order valence-electron chi connectivity index (χ0n) is 7.93. The quantitative estimate of drug-likeness (QED) is 0.773. The van der Waals surface area contributed by atoms with Crippen molar-refractivity contribution in [1.82, 2.24) is 5.32 Å². The molecule has 1 aromatic rings. The van der Waals surface area contributed by atoms with Crippen LogP contribution in [0.4, 0.5) is 10.1 Å². The number of hydrogen-bond donors (Lipinski definition) is 1. The van der Waals surface area contributed by atoms with E-state index in [0.29, 0.717) is 6.04 Å². The highest BCUT2D eigenvalue weighted by Crippen LogP contribution is 2.30. The second-order valence-corrected chi connectivity index (χ2v) is 3.87. The molecule has 0 spiro atoms. The van der Waals surface area contributed by atoms with Gasteiger partial charge in [0.1, 0.15) is 5.82 Å². The molecule has 1 aromatic carbocycles. The van der Waals surface area contributed by atoms with Gasteiger partial charge in [-0.05, 0) is 25.2 Å². The number of halogens is 2. The summed E-state index contributed by atoms with van der Waals surface area (Å²) < 4.78 is 12.9. The van der Waals surface area contributed by atoms with Gasteiger partial charge in [0.25, 0.3) is 0 Å². The predicted octanol–water partition coefficient (Wildman–Crippen LogP) is 1.89. The zero-order chi connectivity index (χ0) is 10.1. The molecule has 1 atom stereocenters. The van der Waals surface area contributed by atoms with E-state index in [0.717, 1.165) is 18.8 Å². The van der Waals surface area contributed by atoms with E-state index >= 15 is 0 Å². The fourth-order valence-corrected chi connectivity index (χ4v) is 1.74. The Morgan fingerprint density at radius 2 is 2.43 bits per heavy atom. The predicted molar refractivity (Wildman–Crippen MR) is 56.5 cm³/mol. The molecule has 2 rings (SSSR count). The maximum atomic E-state index is 12.9. The monoisotopic (exact) mass is 214 g/mol. The van der Waals surface area contributed by atoms with Crippen LogP contribution in [0.15, 0.2) is 18.2 Å². The standard InChI is InChI=1S/C10H12ClFN2/c1-13-5-8-6-14(8)7-2-3-10(12)9(11)4-7/h2-4,8,13H,5-6H2,1H3. The molecule has 14 heavy (non-hydrogen) atoms. The number of anilines is 1. The lowest BCUT2D eigenvalue weighted by Crippen LogP contribution is -2.17. The first-order chi connectivity index (χ1) is 6.72. The third kappa shape index (κ3) is 1.83. The summed E-state index contributed by atoms with van der Waals surface area (Å²) in [6.07, 6.45) is 0. The molecule has 1 fully saturated rings. The van der Waals surface area contributed by atoms with Crippen LogP contribution in [0.3, 0.4) is 0 Å². The van der Waals surface area contributed by atoms with Crippen molar-refractivity contribution >= 4 is 17.3 Å². The first-order valence-electron chi connectivity index (χ1n) is 4.58. The second-order valence-electron chi connectivity index (χ2n) is 3.46. The summed E-state index contributed by atoms with van der Waals surface area (Å²) >= 11 is 5.69. The lowest BCUT2D eigenvalue weighted by molar-refractivity contribution is 0.628. The van der Waals surface area contributed by atoms with Gasteiger partial charge in [-0.2, -0.15) is 0 Å². The van der Waals surface area contributed by atoms with E-state index in [1.54, 1.807) is 12.1 Å². The largest absolute Gasteiger partial charge is 0.363 e. The van der Waals surface area contributed by atoms with Crippen molar-refractivity contribution in [2.24, 2.45) is 0 Å². The summed E-state index contributed by atoms with van der Waals surface area (Å²) in [6, 6.07) is 5.37. The Morgan fingerprint density at radius 3 is 3.07 bits per heavy atom. The van der Waals surface area contributed by atoms with Crippen LogP contribution in [-0.2, 0) is 0 Å². The average molecular weight is 215 g/mol. The van der Waals surface area contributed by atoms with E-state index < -0.39 is 0 Å². The highest BCUT2D eigenvalue weighted by molar-refractivity contribution is 6.31. The Balaban J connectivity index is 2.08. The molecule has 1 saturated heterocycles. The van der Waals surface area contributed by atoms with Gasteiger partial charge in [0.2, 0.25) is 0 Å². The van der Waals surface area contributed by atoms with Crippen molar-refractivity contribution in [3.8, 4) is 0 Å². The van der Waals surface area contributed by atoms with Gasteiger partial charge in [0.15, 0.2) is 0 Å². The first-order valence-corrected chi connectivity index (χ1v) is 4.96. The molecule has 0 saturated carbocycles. The van der Waals surface area contributed by atoms with E-state index in [2.05, 4.69) is 10.2 Å². The van der Waals surface area contributed by atoms with Crippen LogP contribution in [0, 0.1) is 5.82 Å². The minimum Gasteiger partial charge on any atom is -0.363 e. The summed E-state index contributed by atoms with van der Waals surface area (Å²) in [6.45, 7) is 1.97. The van der Waals surface area contributed by atoms with Crippen molar-refractivity contribution in [3.05, 3.63) is 29.0 Å². The van der Waals surface area contributed by atoms with Gasteiger partial charge < -0.3 is 10.2 Å². The van der Waals surface area contributed by atoms with Crippen molar-refractivity contribution < 1.29 is 4.39 Å². The molecule has 2 nitrogen and oxygen atoms in total. The smallest absolute Gasteiger partial charge is 0.141 e. The second kappa shape index (κ2) is 3.75. The maximum Gasteiger partial charge on any atom is 0.141 e. The van der Waals surface area contributed by atoms with Crippen molar-refractivity contribution in [2.45, 2.75) is 6.04 Å². The average Bonchev–Trinajstić information content (AvgIpc) is 2.90. The first kappa shape index (κ1) is 9.74.